The van der Waals surface area contributed by atoms with Gasteiger partial charge in [0.15, 0.2) is 0 Å². The molecule has 0 fully saturated rings. The third-order valence-corrected chi connectivity index (χ3v) is 3.43. The lowest BCUT2D eigenvalue weighted by Crippen LogP contribution is -2.26. The molecule has 0 aliphatic heterocycles. The molecule has 19 heavy (non-hydrogen) atoms. The summed E-state index contributed by atoms with van der Waals surface area (Å²) in [6.07, 6.45) is 1.91. The van der Waals surface area contributed by atoms with Gasteiger partial charge in [0.25, 0.3) is 0 Å². The Balaban J connectivity index is 1.63. The van der Waals surface area contributed by atoms with E-state index in [0.29, 0.717) is 19.8 Å². The van der Waals surface area contributed by atoms with Crippen molar-refractivity contribution in [2.24, 2.45) is 5.73 Å². The maximum absolute atomic E-state index is 6.19. The first-order chi connectivity index (χ1) is 9.33. The summed E-state index contributed by atoms with van der Waals surface area (Å²) < 4.78 is 16.2. The van der Waals surface area contributed by atoms with Gasteiger partial charge in [0.05, 0.1) is 25.4 Å². The molecule has 0 saturated heterocycles. The first-order valence-corrected chi connectivity index (χ1v) is 6.84. The van der Waals surface area contributed by atoms with Crippen LogP contribution in [-0.2, 0) is 20.6 Å². The quantitative estimate of drug-likeness (QED) is 0.727. The van der Waals surface area contributed by atoms with Crippen LogP contribution in [0.4, 0.5) is 0 Å². The Kier molecular flexibility index (Phi) is 5.79. The molecule has 2 unspecified atom stereocenters. The van der Waals surface area contributed by atoms with Gasteiger partial charge in [0, 0.05) is 26.7 Å². The number of fused-ring (bicyclic) bond motifs is 1. The molecule has 0 saturated carbocycles. The van der Waals surface area contributed by atoms with Crippen LogP contribution in [0.25, 0.3) is 0 Å². The highest BCUT2D eigenvalue weighted by Crippen LogP contribution is 2.31. The fourth-order valence-corrected chi connectivity index (χ4v) is 2.42. The number of nitrogens with two attached hydrogens (primary N) is 1. The molecule has 0 aromatic heterocycles. The summed E-state index contributed by atoms with van der Waals surface area (Å²) in [4.78, 5) is 0. The topological polar surface area (TPSA) is 53.7 Å². The van der Waals surface area contributed by atoms with Gasteiger partial charge in [-0.05, 0) is 17.5 Å². The molecule has 1 aliphatic carbocycles. The van der Waals surface area contributed by atoms with E-state index in [9.17, 15) is 0 Å². The molecule has 0 heterocycles. The standard InChI is InChI=1S/C15H23NO3/c1-17-7-4-8-18-9-10-19-14-11-12-5-2-3-6-13(12)15(14)16/h2-3,5-6,14-15H,4,7-11,16H2,1H3. The van der Waals surface area contributed by atoms with E-state index in [2.05, 4.69) is 12.1 Å². The van der Waals surface area contributed by atoms with Crippen LogP contribution in [0.3, 0.4) is 0 Å². The Hall–Kier alpha value is -0.940. The molecule has 0 amide bonds. The van der Waals surface area contributed by atoms with E-state index in [-0.39, 0.29) is 12.1 Å². The van der Waals surface area contributed by atoms with Crippen molar-refractivity contribution in [3.8, 4) is 0 Å². The second kappa shape index (κ2) is 7.60. The van der Waals surface area contributed by atoms with E-state index in [4.69, 9.17) is 19.9 Å². The molecule has 0 radical (unpaired) electrons. The molecule has 106 valence electrons. The van der Waals surface area contributed by atoms with Crippen LogP contribution in [0.1, 0.15) is 23.6 Å². The van der Waals surface area contributed by atoms with E-state index >= 15 is 0 Å². The summed E-state index contributed by atoms with van der Waals surface area (Å²) in [6, 6.07) is 8.28. The zero-order valence-corrected chi connectivity index (χ0v) is 11.5. The van der Waals surface area contributed by atoms with E-state index in [1.54, 1.807) is 7.11 Å². The van der Waals surface area contributed by atoms with Crippen molar-refractivity contribution in [1.29, 1.82) is 0 Å². The molecule has 0 bridgehead atoms. The van der Waals surface area contributed by atoms with E-state index < -0.39 is 0 Å². The van der Waals surface area contributed by atoms with Gasteiger partial charge in [-0.25, -0.2) is 0 Å². The number of benzene rings is 1. The third kappa shape index (κ3) is 4.01. The van der Waals surface area contributed by atoms with Crippen molar-refractivity contribution < 1.29 is 14.2 Å². The lowest BCUT2D eigenvalue weighted by Gasteiger charge is -2.17. The van der Waals surface area contributed by atoms with Crippen LogP contribution in [-0.4, -0.2) is 39.6 Å². The van der Waals surface area contributed by atoms with E-state index in [1.165, 1.54) is 11.1 Å². The predicted octanol–water partition coefficient (Wildman–Crippen LogP) is 1.68. The lowest BCUT2D eigenvalue weighted by molar-refractivity contribution is -0.00389. The molecule has 0 spiro atoms. The highest BCUT2D eigenvalue weighted by molar-refractivity contribution is 5.36. The molecule has 1 aliphatic rings. The molecular formula is C15H23NO3. The van der Waals surface area contributed by atoms with Gasteiger partial charge < -0.3 is 19.9 Å². The van der Waals surface area contributed by atoms with Crippen molar-refractivity contribution in [1.82, 2.24) is 0 Å². The predicted molar refractivity (Wildman–Crippen MR) is 74.1 cm³/mol. The van der Waals surface area contributed by atoms with Crippen molar-refractivity contribution in [2.45, 2.75) is 25.0 Å². The van der Waals surface area contributed by atoms with Crippen molar-refractivity contribution >= 4 is 0 Å². The Morgan fingerprint density at radius 3 is 2.79 bits per heavy atom. The average molecular weight is 265 g/mol. The molecule has 4 nitrogen and oxygen atoms in total. The Bertz CT molecular complexity index is 383. The highest BCUT2D eigenvalue weighted by atomic mass is 16.5. The van der Waals surface area contributed by atoms with Crippen LogP contribution in [0.2, 0.25) is 0 Å². The number of hydrogen-bond donors (Lipinski definition) is 1. The maximum atomic E-state index is 6.19. The van der Waals surface area contributed by atoms with Gasteiger partial charge in [-0.3, -0.25) is 0 Å². The first kappa shape index (κ1) is 14.5. The van der Waals surface area contributed by atoms with Crippen molar-refractivity contribution in [2.75, 3.05) is 33.5 Å². The second-order valence-electron chi connectivity index (χ2n) is 4.80. The van der Waals surface area contributed by atoms with Crippen LogP contribution in [0, 0.1) is 0 Å². The van der Waals surface area contributed by atoms with Gasteiger partial charge in [-0.2, -0.15) is 0 Å². The molecule has 1 aromatic carbocycles. The fraction of sp³-hybridized carbons (Fsp3) is 0.600. The van der Waals surface area contributed by atoms with Gasteiger partial charge in [0.2, 0.25) is 0 Å². The van der Waals surface area contributed by atoms with Gasteiger partial charge in [-0.15, -0.1) is 0 Å². The zero-order chi connectivity index (χ0) is 13.5. The summed E-state index contributed by atoms with van der Waals surface area (Å²) in [7, 11) is 1.70. The number of rotatable bonds is 8. The largest absolute Gasteiger partial charge is 0.385 e. The van der Waals surface area contributed by atoms with Gasteiger partial charge in [0.1, 0.15) is 0 Å². The van der Waals surface area contributed by atoms with Crippen molar-refractivity contribution in [3.63, 3.8) is 0 Å². The molecule has 2 atom stereocenters. The first-order valence-electron chi connectivity index (χ1n) is 6.84. The van der Waals surface area contributed by atoms with Crippen LogP contribution < -0.4 is 5.73 Å². The summed E-state index contributed by atoms with van der Waals surface area (Å²) in [5.41, 5.74) is 8.71. The Morgan fingerprint density at radius 1 is 1.16 bits per heavy atom. The average Bonchev–Trinajstić information content (AvgIpc) is 2.75. The zero-order valence-electron chi connectivity index (χ0n) is 11.5. The monoisotopic (exact) mass is 265 g/mol. The third-order valence-electron chi connectivity index (χ3n) is 3.43. The van der Waals surface area contributed by atoms with Crippen LogP contribution >= 0.6 is 0 Å². The summed E-state index contributed by atoms with van der Waals surface area (Å²) in [6.45, 7) is 2.67. The lowest BCUT2D eigenvalue weighted by atomic mass is 10.1. The van der Waals surface area contributed by atoms with Crippen LogP contribution in [0.15, 0.2) is 24.3 Å². The number of ether oxygens (including phenoxy) is 3. The molecular weight excluding hydrogens is 242 g/mol. The molecule has 4 heteroatoms. The minimum absolute atomic E-state index is 0.00955. The van der Waals surface area contributed by atoms with Crippen molar-refractivity contribution in [3.05, 3.63) is 35.4 Å². The highest BCUT2D eigenvalue weighted by Gasteiger charge is 2.29. The second-order valence-corrected chi connectivity index (χ2v) is 4.80. The number of methoxy groups -OCH3 is 1. The van der Waals surface area contributed by atoms with E-state index in [0.717, 1.165) is 19.4 Å². The molecule has 2 rings (SSSR count). The smallest absolute Gasteiger partial charge is 0.0809 e. The van der Waals surface area contributed by atoms with Gasteiger partial charge >= 0.3 is 0 Å². The molecule has 2 N–H and O–H groups in total. The SMILES string of the molecule is COCCCOCCOC1Cc2ccccc2C1N. The number of hydrogen-bond acceptors (Lipinski definition) is 4. The maximum Gasteiger partial charge on any atom is 0.0809 e. The normalized spacial score (nSPS) is 21.6. The Labute approximate surface area is 114 Å². The van der Waals surface area contributed by atoms with Crippen LogP contribution in [0.5, 0.6) is 0 Å². The summed E-state index contributed by atoms with van der Waals surface area (Å²) in [5.74, 6) is 0. The summed E-state index contributed by atoms with van der Waals surface area (Å²) >= 11 is 0. The van der Waals surface area contributed by atoms with Gasteiger partial charge in [-0.1, -0.05) is 24.3 Å². The fourth-order valence-electron chi connectivity index (χ4n) is 2.42. The molecule has 1 aromatic rings. The van der Waals surface area contributed by atoms with E-state index in [1.807, 2.05) is 12.1 Å². The summed E-state index contributed by atoms with van der Waals surface area (Å²) in [5, 5.41) is 0. The minimum Gasteiger partial charge on any atom is -0.385 e. The Morgan fingerprint density at radius 2 is 2.00 bits per heavy atom. The minimum atomic E-state index is -0.00955.